The minimum atomic E-state index is 0.0457. The molecule has 0 bridgehead atoms. The fraction of sp³-hybridized carbons (Fsp3) is 0.316. The standard InChI is InChI=1S/C19H21N5O2/c20-14-7-4-8-15(11-14)26-18-10-9-17-21-16(12-24(17)23-18)22-19(25)13-5-2-1-3-6-13/h4,7-13H,1-3,5-6,20H2,(H,22,25). The molecule has 1 aromatic carbocycles. The molecule has 0 unspecified atom stereocenters. The number of rotatable bonds is 4. The zero-order chi connectivity index (χ0) is 17.9. The summed E-state index contributed by atoms with van der Waals surface area (Å²) in [6.07, 6.45) is 7.07. The topological polar surface area (TPSA) is 94.5 Å². The molecule has 0 atom stereocenters. The number of imidazole rings is 1. The van der Waals surface area contributed by atoms with Crippen LogP contribution in [0.25, 0.3) is 5.65 Å². The Balaban J connectivity index is 1.49. The van der Waals surface area contributed by atoms with Gasteiger partial charge < -0.3 is 15.8 Å². The molecule has 1 aliphatic rings. The summed E-state index contributed by atoms with van der Waals surface area (Å²) in [5.41, 5.74) is 7.02. The Hall–Kier alpha value is -3.09. The number of nitrogens with zero attached hydrogens (tertiary/aromatic N) is 3. The van der Waals surface area contributed by atoms with Crippen LogP contribution in [0.1, 0.15) is 32.1 Å². The van der Waals surface area contributed by atoms with Gasteiger partial charge in [0.2, 0.25) is 11.8 Å². The highest BCUT2D eigenvalue weighted by Gasteiger charge is 2.21. The van der Waals surface area contributed by atoms with Crippen molar-refractivity contribution in [3.63, 3.8) is 0 Å². The van der Waals surface area contributed by atoms with Gasteiger partial charge in [0.15, 0.2) is 11.5 Å². The molecule has 1 saturated carbocycles. The summed E-state index contributed by atoms with van der Waals surface area (Å²) in [6.45, 7) is 0. The van der Waals surface area contributed by atoms with E-state index in [1.165, 1.54) is 6.42 Å². The summed E-state index contributed by atoms with van der Waals surface area (Å²) in [5.74, 6) is 1.68. The molecule has 26 heavy (non-hydrogen) atoms. The smallest absolute Gasteiger partial charge is 0.237 e. The van der Waals surface area contributed by atoms with E-state index in [1.807, 2.05) is 12.1 Å². The number of hydrogen-bond acceptors (Lipinski definition) is 5. The van der Waals surface area contributed by atoms with E-state index in [0.29, 0.717) is 28.8 Å². The van der Waals surface area contributed by atoms with Gasteiger partial charge in [-0.05, 0) is 31.0 Å². The second kappa shape index (κ2) is 7.03. The van der Waals surface area contributed by atoms with E-state index in [0.717, 1.165) is 25.7 Å². The van der Waals surface area contributed by atoms with Crippen molar-refractivity contribution < 1.29 is 9.53 Å². The second-order valence-corrected chi connectivity index (χ2v) is 6.60. The van der Waals surface area contributed by atoms with Crippen LogP contribution >= 0.6 is 0 Å². The first-order valence-corrected chi connectivity index (χ1v) is 8.88. The molecule has 0 radical (unpaired) electrons. The van der Waals surface area contributed by atoms with Gasteiger partial charge in [-0.15, -0.1) is 5.10 Å². The molecule has 3 N–H and O–H groups in total. The average Bonchev–Trinajstić information content (AvgIpc) is 3.04. The second-order valence-electron chi connectivity index (χ2n) is 6.60. The first-order chi connectivity index (χ1) is 12.7. The Morgan fingerprint density at radius 1 is 1.19 bits per heavy atom. The molecule has 2 heterocycles. The highest BCUT2D eigenvalue weighted by atomic mass is 16.5. The van der Waals surface area contributed by atoms with Gasteiger partial charge in [0, 0.05) is 23.7 Å². The lowest BCUT2D eigenvalue weighted by atomic mass is 9.89. The maximum atomic E-state index is 12.4. The van der Waals surface area contributed by atoms with Gasteiger partial charge in [-0.25, -0.2) is 9.50 Å². The predicted molar refractivity (Wildman–Crippen MR) is 99.1 cm³/mol. The van der Waals surface area contributed by atoms with Crippen LogP contribution < -0.4 is 15.8 Å². The van der Waals surface area contributed by atoms with Gasteiger partial charge in [-0.3, -0.25) is 4.79 Å². The molecule has 0 spiro atoms. The number of anilines is 2. The van der Waals surface area contributed by atoms with Crippen LogP contribution in [0.5, 0.6) is 11.6 Å². The highest BCUT2D eigenvalue weighted by Crippen LogP contribution is 2.25. The maximum Gasteiger partial charge on any atom is 0.237 e. The van der Waals surface area contributed by atoms with Gasteiger partial charge in [-0.1, -0.05) is 25.3 Å². The number of nitrogens with one attached hydrogen (secondary N) is 1. The van der Waals surface area contributed by atoms with Crippen LogP contribution in [0.15, 0.2) is 42.6 Å². The van der Waals surface area contributed by atoms with E-state index in [2.05, 4.69) is 15.4 Å². The number of nitrogen functional groups attached to an aromatic ring is 1. The SMILES string of the molecule is Nc1cccc(Oc2ccc3nc(NC(=O)C4CCCCC4)cn3n2)c1. The third-order valence-electron chi connectivity index (χ3n) is 4.60. The Labute approximate surface area is 151 Å². The van der Waals surface area contributed by atoms with Crippen LogP contribution in [0.3, 0.4) is 0 Å². The molecule has 1 amide bonds. The molecule has 2 aromatic heterocycles. The quantitative estimate of drug-likeness (QED) is 0.700. The molecule has 7 nitrogen and oxygen atoms in total. The van der Waals surface area contributed by atoms with E-state index >= 15 is 0 Å². The van der Waals surface area contributed by atoms with Crippen molar-refractivity contribution in [2.75, 3.05) is 11.1 Å². The number of nitrogens with two attached hydrogens (primary N) is 1. The normalized spacial score (nSPS) is 15.1. The Bertz CT molecular complexity index is 931. The Morgan fingerprint density at radius 2 is 2.04 bits per heavy atom. The molecular weight excluding hydrogens is 330 g/mol. The molecule has 1 aliphatic carbocycles. The number of fused-ring (bicyclic) bond motifs is 1. The van der Waals surface area contributed by atoms with E-state index in [9.17, 15) is 4.79 Å². The van der Waals surface area contributed by atoms with Crippen molar-refractivity contribution in [1.82, 2.24) is 14.6 Å². The summed E-state index contributed by atoms with van der Waals surface area (Å²) < 4.78 is 7.32. The summed E-state index contributed by atoms with van der Waals surface area (Å²) in [7, 11) is 0. The van der Waals surface area contributed by atoms with Gasteiger partial charge in [0.25, 0.3) is 0 Å². The fourth-order valence-electron chi connectivity index (χ4n) is 3.27. The van der Waals surface area contributed by atoms with Crippen LogP contribution in [-0.2, 0) is 4.79 Å². The van der Waals surface area contributed by atoms with Crippen LogP contribution in [-0.4, -0.2) is 20.5 Å². The lowest BCUT2D eigenvalue weighted by Crippen LogP contribution is -2.24. The number of amides is 1. The fourth-order valence-corrected chi connectivity index (χ4v) is 3.27. The van der Waals surface area contributed by atoms with Crippen molar-refractivity contribution in [3.8, 4) is 11.6 Å². The number of carbonyl (C=O) groups is 1. The summed E-state index contributed by atoms with van der Waals surface area (Å²) in [5, 5.41) is 7.29. The van der Waals surface area contributed by atoms with Crippen LogP contribution in [0.2, 0.25) is 0 Å². The predicted octanol–water partition coefficient (Wildman–Crippen LogP) is 3.62. The highest BCUT2D eigenvalue weighted by molar-refractivity contribution is 5.91. The number of ether oxygens (including phenoxy) is 1. The molecule has 1 fully saturated rings. The first-order valence-electron chi connectivity index (χ1n) is 8.88. The van der Waals surface area contributed by atoms with Crippen molar-refractivity contribution in [2.45, 2.75) is 32.1 Å². The Kier molecular flexibility index (Phi) is 4.43. The van der Waals surface area contributed by atoms with E-state index in [-0.39, 0.29) is 11.8 Å². The largest absolute Gasteiger partial charge is 0.438 e. The third kappa shape index (κ3) is 3.61. The summed E-state index contributed by atoms with van der Waals surface area (Å²) >= 11 is 0. The molecule has 134 valence electrons. The maximum absolute atomic E-state index is 12.4. The number of carbonyl (C=O) groups excluding carboxylic acids is 1. The third-order valence-corrected chi connectivity index (χ3v) is 4.60. The van der Waals surface area contributed by atoms with Gasteiger partial charge in [0.05, 0.1) is 6.20 Å². The number of benzene rings is 1. The van der Waals surface area contributed by atoms with Crippen molar-refractivity contribution in [3.05, 3.63) is 42.6 Å². The summed E-state index contributed by atoms with van der Waals surface area (Å²) in [6, 6.07) is 10.7. The molecule has 0 aliphatic heterocycles. The number of hydrogen-bond donors (Lipinski definition) is 2. The molecule has 7 heteroatoms. The molecule has 0 saturated heterocycles. The zero-order valence-corrected chi connectivity index (χ0v) is 14.4. The van der Waals surface area contributed by atoms with E-state index in [1.54, 1.807) is 35.0 Å². The Morgan fingerprint density at radius 3 is 2.85 bits per heavy atom. The van der Waals surface area contributed by atoms with Gasteiger partial charge >= 0.3 is 0 Å². The minimum absolute atomic E-state index is 0.0457. The lowest BCUT2D eigenvalue weighted by Gasteiger charge is -2.19. The average molecular weight is 351 g/mol. The number of aromatic nitrogens is 3. The molecule has 4 rings (SSSR count). The first kappa shape index (κ1) is 16.4. The molecular formula is C19H21N5O2. The van der Waals surface area contributed by atoms with Crippen LogP contribution in [0, 0.1) is 5.92 Å². The summed E-state index contributed by atoms with van der Waals surface area (Å²) in [4.78, 5) is 16.8. The van der Waals surface area contributed by atoms with Crippen LogP contribution in [0.4, 0.5) is 11.5 Å². The van der Waals surface area contributed by atoms with Gasteiger partial charge in [-0.2, -0.15) is 0 Å². The monoisotopic (exact) mass is 351 g/mol. The zero-order valence-electron chi connectivity index (χ0n) is 14.4. The lowest BCUT2D eigenvalue weighted by molar-refractivity contribution is -0.120. The van der Waals surface area contributed by atoms with Crippen molar-refractivity contribution in [2.24, 2.45) is 5.92 Å². The van der Waals surface area contributed by atoms with Crippen molar-refractivity contribution in [1.29, 1.82) is 0 Å². The van der Waals surface area contributed by atoms with Crippen molar-refractivity contribution >= 4 is 23.1 Å². The van der Waals surface area contributed by atoms with Gasteiger partial charge in [0.1, 0.15) is 5.75 Å². The minimum Gasteiger partial charge on any atom is -0.438 e. The van der Waals surface area contributed by atoms with E-state index < -0.39 is 0 Å². The molecule has 3 aromatic rings. The van der Waals surface area contributed by atoms with E-state index in [4.69, 9.17) is 10.5 Å².